The number of carbonyl (C=O) groups is 1. The van der Waals surface area contributed by atoms with Gasteiger partial charge in [0.25, 0.3) is 5.91 Å². The molecule has 0 aliphatic heterocycles. The zero-order valence-corrected chi connectivity index (χ0v) is 14.4. The van der Waals surface area contributed by atoms with Crippen LogP contribution in [0.25, 0.3) is 16.3 Å². The number of benzene rings is 1. The van der Waals surface area contributed by atoms with E-state index in [1.165, 1.54) is 17.4 Å². The van der Waals surface area contributed by atoms with E-state index in [2.05, 4.69) is 4.99 Å². The van der Waals surface area contributed by atoms with Gasteiger partial charge in [-0.05, 0) is 36.1 Å². The number of carbonyl (C=O) groups excluding carboxylic acids is 1. The van der Waals surface area contributed by atoms with Crippen LogP contribution < -0.4 is 4.80 Å². The van der Waals surface area contributed by atoms with Crippen LogP contribution in [0.5, 0.6) is 0 Å². The van der Waals surface area contributed by atoms with Gasteiger partial charge in [0.2, 0.25) is 0 Å². The Morgan fingerprint density at radius 1 is 1.36 bits per heavy atom. The van der Waals surface area contributed by atoms with Gasteiger partial charge in [-0.3, -0.25) is 4.79 Å². The van der Waals surface area contributed by atoms with E-state index in [1.54, 1.807) is 17.4 Å². The first kappa shape index (κ1) is 15.2. The number of aryl methyl sites for hydroxylation is 2. The molecule has 0 saturated heterocycles. The van der Waals surface area contributed by atoms with Crippen molar-refractivity contribution < 1.29 is 4.79 Å². The predicted octanol–water partition coefficient (Wildman–Crippen LogP) is 4.40. The zero-order valence-electron chi connectivity index (χ0n) is 12.0. The second-order valence-corrected chi connectivity index (χ2v) is 7.15. The fraction of sp³-hybridized carbons (Fsp3) is 0.125. The van der Waals surface area contributed by atoms with E-state index in [0.29, 0.717) is 9.82 Å². The number of hydrogen-bond donors (Lipinski definition) is 0. The van der Waals surface area contributed by atoms with E-state index < -0.39 is 0 Å². The average molecular weight is 349 g/mol. The average Bonchev–Trinajstić information content (AvgIpc) is 3.11. The molecule has 3 aromatic rings. The number of amides is 1. The van der Waals surface area contributed by atoms with E-state index in [9.17, 15) is 4.79 Å². The molecule has 0 saturated carbocycles. The number of thiophene rings is 1. The minimum atomic E-state index is -0.274. The highest BCUT2D eigenvalue weighted by atomic mass is 35.5. The molecule has 2 heterocycles. The van der Waals surface area contributed by atoms with Crippen molar-refractivity contribution in [2.75, 3.05) is 0 Å². The van der Waals surface area contributed by atoms with E-state index >= 15 is 0 Å². The maximum Gasteiger partial charge on any atom is 0.272 e. The molecule has 0 aliphatic carbocycles. The zero-order chi connectivity index (χ0) is 15.7. The monoisotopic (exact) mass is 348 g/mol. The molecule has 112 valence electrons. The van der Waals surface area contributed by atoms with Crippen molar-refractivity contribution in [3.8, 4) is 0 Å². The van der Waals surface area contributed by atoms with Gasteiger partial charge < -0.3 is 4.57 Å². The van der Waals surface area contributed by atoms with E-state index in [4.69, 9.17) is 11.6 Å². The third-order valence-electron chi connectivity index (χ3n) is 3.24. The third-order valence-corrected chi connectivity index (χ3v) is 5.67. The summed E-state index contributed by atoms with van der Waals surface area (Å²) >= 11 is 9.25. The first-order valence-electron chi connectivity index (χ1n) is 6.61. The molecule has 0 N–H and O–H groups in total. The normalized spacial score (nSPS) is 12.6. The lowest BCUT2D eigenvalue weighted by atomic mass is 10.2. The molecule has 0 atom stereocenters. The smallest absolute Gasteiger partial charge is 0.272 e. The largest absolute Gasteiger partial charge is 0.319 e. The summed E-state index contributed by atoms with van der Waals surface area (Å²) < 4.78 is 2.87. The number of halogens is 1. The topological polar surface area (TPSA) is 34.4 Å². The third kappa shape index (κ3) is 2.92. The Bertz CT molecular complexity index is 933. The molecule has 1 amide bonds. The minimum Gasteiger partial charge on any atom is -0.319 e. The molecular formula is C16H13ClN2OS2. The number of thiazole rings is 1. The van der Waals surface area contributed by atoms with Crippen molar-refractivity contribution in [1.82, 2.24) is 4.57 Å². The van der Waals surface area contributed by atoms with Gasteiger partial charge in [-0.2, -0.15) is 4.99 Å². The number of rotatable bonds is 2. The Morgan fingerprint density at radius 2 is 2.18 bits per heavy atom. The molecule has 0 fully saturated rings. The van der Waals surface area contributed by atoms with E-state index in [1.807, 2.05) is 48.2 Å². The summed E-state index contributed by atoms with van der Waals surface area (Å²) in [7, 11) is 1.90. The molecule has 3 rings (SSSR count). The Morgan fingerprint density at radius 3 is 2.86 bits per heavy atom. The highest BCUT2D eigenvalue weighted by molar-refractivity contribution is 7.17. The predicted molar refractivity (Wildman–Crippen MR) is 94.5 cm³/mol. The molecule has 6 heteroatoms. The Labute approximate surface area is 140 Å². The minimum absolute atomic E-state index is 0.274. The summed E-state index contributed by atoms with van der Waals surface area (Å²) in [6.07, 6.45) is 3.27. The number of hydrogen-bond acceptors (Lipinski definition) is 3. The molecule has 1 aromatic carbocycles. The molecule has 0 unspecified atom stereocenters. The molecular weight excluding hydrogens is 336 g/mol. The van der Waals surface area contributed by atoms with Gasteiger partial charge in [-0.25, -0.2) is 0 Å². The lowest BCUT2D eigenvalue weighted by Gasteiger charge is -2.00. The summed E-state index contributed by atoms with van der Waals surface area (Å²) in [6.45, 7) is 2.02. The SMILES string of the molecule is Cc1ccc(Cl)c2sc(=NC(=O)/C=C/c3cccs3)n(C)c12. The number of nitrogens with zero attached hydrogens (tertiary/aromatic N) is 2. The van der Waals surface area contributed by atoms with Crippen LogP contribution in [0.1, 0.15) is 10.4 Å². The fourth-order valence-corrected chi connectivity index (χ4v) is 4.18. The first-order chi connectivity index (χ1) is 10.6. The Balaban J connectivity index is 2.03. The first-order valence-corrected chi connectivity index (χ1v) is 8.68. The van der Waals surface area contributed by atoms with Crippen LogP contribution in [0.4, 0.5) is 0 Å². The summed E-state index contributed by atoms with van der Waals surface area (Å²) in [6, 6.07) is 7.75. The van der Waals surface area contributed by atoms with Crippen LogP contribution in [-0.4, -0.2) is 10.5 Å². The van der Waals surface area contributed by atoms with Gasteiger partial charge in [0.15, 0.2) is 4.80 Å². The van der Waals surface area contributed by atoms with E-state index in [-0.39, 0.29) is 5.91 Å². The Kier molecular flexibility index (Phi) is 4.29. The maximum absolute atomic E-state index is 12.0. The molecule has 2 aromatic heterocycles. The van der Waals surface area contributed by atoms with Crippen LogP contribution >= 0.6 is 34.3 Å². The van der Waals surface area contributed by atoms with Crippen LogP contribution in [0.15, 0.2) is 40.7 Å². The molecule has 3 nitrogen and oxygen atoms in total. The number of fused-ring (bicyclic) bond motifs is 1. The summed E-state index contributed by atoms with van der Waals surface area (Å²) in [5.41, 5.74) is 2.13. The number of aromatic nitrogens is 1. The fourth-order valence-electron chi connectivity index (χ4n) is 2.18. The molecule has 22 heavy (non-hydrogen) atoms. The van der Waals surface area contributed by atoms with Crippen molar-refractivity contribution in [1.29, 1.82) is 0 Å². The lowest BCUT2D eigenvalue weighted by molar-refractivity contribution is -0.113. The van der Waals surface area contributed by atoms with Gasteiger partial charge in [-0.15, -0.1) is 11.3 Å². The summed E-state index contributed by atoms with van der Waals surface area (Å²) in [5, 5.41) is 2.65. The van der Waals surface area contributed by atoms with Gasteiger partial charge in [0, 0.05) is 18.0 Å². The molecule has 0 spiro atoms. The van der Waals surface area contributed by atoms with Crippen LogP contribution in [-0.2, 0) is 11.8 Å². The second-order valence-electron chi connectivity index (χ2n) is 4.78. The molecule has 0 radical (unpaired) electrons. The second kappa shape index (κ2) is 6.20. The van der Waals surface area contributed by atoms with Gasteiger partial charge >= 0.3 is 0 Å². The van der Waals surface area contributed by atoms with Crippen LogP contribution in [0, 0.1) is 6.92 Å². The van der Waals surface area contributed by atoms with Crippen molar-refractivity contribution in [3.05, 3.63) is 56.0 Å². The van der Waals surface area contributed by atoms with Crippen molar-refractivity contribution >= 4 is 56.5 Å². The van der Waals surface area contributed by atoms with Crippen molar-refractivity contribution in [2.24, 2.45) is 12.0 Å². The Hall–Kier alpha value is -1.69. The van der Waals surface area contributed by atoms with Crippen molar-refractivity contribution in [3.63, 3.8) is 0 Å². The van der Waals surface area contributed by atoms with Crippen LogP contribution in [0.2, 0.25) is 5.02 Å². The molecule has 0 bridgehead atoms. The highest BCUT2D eigenvalue weighted by Gasteiger charge is 2.09. The van der Waals surface area contributed by atoms with Crippen molar-refractivity contribution in [2.45, 2.75) is 6.92 Å². The highest BCUT2D eigenvalue weighted by Crippen LogP contribution is 2.28. The molecule has 0 aliphatic rings. The maximum atomic E-state index is 12.0. The lowest BCUT2D eigenvalue weighted by Crippen LogP contribution is -2.12. The summed E-state index contributed by atoms with van der Waals surface area (Å²) in [4.78, 5) is 17.9. The van der Waals surface area contributed by atoms with Gasteiger partial charge in [-0.1, -0.05) is 35.1 Å². The van der Waals surface area contributed by atoms with Gasteiger partial charge in [0.1, 0.15) is 0 Å². The summed E-state index contributed by atoms with van der Waals surface area (Å²) in [5.74, 6) is -0.274. The van der Waals surface area contributed by atoms with Crippen LogP contribution in [0.3, 0.4) is 0 Å². The standard InChI is InChI=1S/C16H13ClN2OS2/c1-10-5-7-12(17)15-14(10)19(2)16(22-15)18-13(20)8-6-11-4-3-9-21-11/h3-9H,1-2H3/b8-6+,18-16?. The van der Waals surface area contributed by atoms with Gasteiger partial charge in [0.05, 0.1) is 15.2 Å². The van der Waals surface area contributed by atoms with E-state index in [0.717, 1.165) is 20.7 Å². The quantitative estimate of drug-likeness (QED) is 0.632.